The van der Waals surface area contributed by atoms with Crippen LogP contribution in [0.4, 0.5) is 26.3 Å². The number of nitrogens with zero attached hydrogens (tertiary/aromatic N) is 1. The monoisotopic (exact) mass is 239 g/mol. The van der Waals surface area contributed by atoms with Crippen LogP contribution in [0.1, 0.15) is 11.1 Å². The van der Waals surface area contributed by atoms with Crippen LogP contribution in [0.15, 0.2) is 18.2 Å². The minimum atomic E-state index is -5.08. The number of rotatable bonds is 1. The minimum absolute atomic E-state index is 0.0709. The highest BCUT2D eigenvalue weighted by atomic mass is 19.4. The standard InChI is InChI=1S/C9H3F6N/c10-7-2-1-5(8(11,12)4-16)3-6(7)9(13,14)15/h1-3H. The van der Waals surface area contributed by atoms with Crippen LogP contribution in [0.5, 0.6) is 0 Å². The maximum atomic E-state index is 12.7. The van der Waals surface area contributed by atoms with Gasteiger partial charge in [-0.2, -0.15) is 27.2 Å². The molecule has 0 saturated heterocycles. The average molecular weight is 239 g/mol. The van der Waals surface area contributed by atoms with E-state index in [-0.39, 0.29) is 12.1 Å². The fourth-order valence-electron chi connectivity index (χ4n) is 1.00. The van der Waals surface area contributed by atoms with Gasteiger partial charge < -0.3 is 0 Å². The molecule has 7 heteroatoms. The summed E-state index contributed by atoms with van der Waals surface area (Å²) in [6.45, 7) is 0. The summed E-state index contributed by atoms with van der Waals surface area (Å²) in [5.41, 5.74) is -3.01. The Bertz CT molecular complexity index is 442. The molecule has 86 valence electrons. The van der Waals surface area contributed by atoms with E-state index in [1.807, 2.05) is 0 Å². The van der Waals surface area contributed by atoms with E-state index < -0.39 is 29.0 Å². The van der Waals surface area contributed by atoms with E-state index in [9.17, 15) is 26.3 Å². The molecule has 0 fully saturated rings. The van der Waals surface area contributed by atoms with Crippen molar-refractivity contribution in [3.63, 3.8) is 0 Å². The molecule has 0 atom stereocenters. The second-order valence-electron chi connectivity index (χ2n) is 2.88. The molecule has 0 heterocycles. The first-order valence-corrected chi connectivity index (χ1v) is 3.85. The Morgan fingerprint density at radius 2 is 1.62 bits per heavy atom. The molecule has 1 aromatic carbocycles. The van der Waals surface area contributed by atoms with Crippen LogP contribution in [0.25, 0.3) is 0 Å². The van der Waals surface area contributed by atoms with Crippen molar-refractivity contribution in [1.29, 1.82) is 5.26 Å². The quantitative estimate of drug-likeness (QED) is 0.688. The Hall–Kier alpha value is -1.71. The summed E-state index contributed by atoms with van der Waals surface area (Å²) in [7, 11) is 0. The van der Waals surface area contributed by atoms with Crippen molar-refractivity contribution in [3.8, 4) is 6.07 Å². The number of hydrogen-bond donors (Lipinski definition) is 0. The van der Waals surface area contributed by atoms with Crippen molar-refractivity contribution in [3.05, 3.63) is 35.1 Å². The van der Waals surface area contributed by atoms with Crippen molar-refractivity contribution in [2.45, 2.75) is 12.1 Å². The number of hydrogen-bond acceptors (Lipinski definition) is 1. The van der Waals surface area contributed by atoms with Gasteiger partial charge in [-0.1, -0.05) is 0 Å². The van der Waals surface area contributed by atoms with Crippen LogP contribution in [0, 0.1) is 17.1 Å². The number of benzene rings is 1. The summed E-state index contributed by atoms with van der Waals surface area (Å²) in [5, 5.41) is 8.04. The van der Waals surface area contributed by atoms with Crippen LogP contribution in [-0.2, 0) is 12.1 Å². The highest BCUT2D eigenvalue weighted by molar-refractivity contribution is 5.32. The lowest BCUT2D eigenvalue weighted by Crippen LogP contribution is -2.14. The summed E-state index contributed by atoms with van der Waals surface area (Å²) in [6, 6.07) is 1.15. The molecule has 0 aliphatic carbocycles. The van der Waals surface area contributed by atoms with Gasteiger partial charge in [-0.3, -0.25) is 0 Å². The first kappa shape index (κ1) is 12.4. The zero-order chi connectivity index (χ0) is 12.6. The Morgan fingerprint density at radius 1 is 1.06 bits per heavy atom. The molecule has 16 heavy (non-hydrogen) atoms. The maximum absolute atomic E-state index is 12.7. The van der Waals surface area contributed by atoms with Gasteiger partial charge in [0.1, 0.15) is 11.9 Å². The SMILES string of the molecule is N#CC(F)(F)c1ccc(F)c(C(F)(F)F)c1. The summed E-state index contributed by atoms with van der Waals surface area (Å²) in [6.07, 6.45) is -5.08. The van der Waals surface area contributed by atoms with Gasteiger partial charge in [0.2, 0.25) is 0 Å². The Balaban J connectivity index is 3.36. The smallest absolute Gasteiger partial charge is 0.206 e. The molecule has 0 N–H and O–H groups in total. The van der Waals surface area contributed by atoms with E-state index in [0.29, 0.717) is 12.1 Å². The third-order valence-corrected chi connectivity index (χ3v) is 1.77. The molecule has 0 aromatic heterocycles. The lowest BCUT2D eigenvalue weighted by molar-refractivity contribution is -0.140. The summed E-state index contributed by atoms with van der Waals surface area (Å²) >= 11 is 0. The van der Waals surface area contributed by atoms with Crippen LogP contribution in [-0.4, -0.2) is 0 Å². The largest absolute Gasteiger partial charge is 0.419 e. The van der Waals surface area contributed by atoms with E-state index >= 15 is 0 Å². The first-order chi connectivity index (χ1) is 7.18. The van der Waals surface area contributed by atoms with Crippen LogP contribution in [0.3, 0.4) is 0 Å². The third-order valence-electron chi connectivity index (χ3n) is 1.77. The predicted octanol–water partition coefficient (Wildman–Crippen LogP) is 3.46. The van der Waals surface area contributed by atoms with Gasteiger partial charge in [-0.15, -0.1) is 0 Å². The molecular formula is C9H3F6N. The number of alkyl halides is 5. The van der Waals surface area contributed by atoms with Crippen molar-refractivity contribution in [2.75, 3.05) is 0 Å². The Kier molecular flexibility index (Phi) is 2.86. The molecule has 0 saturated carbocycles. The zero-order valence-corrected chi connectivity index (χ0v) is 7.45. The predicted molar refractivity (Wildman–Crippen MR) is 40.9 cm³/mol. The highest BCUT2D eigenvalue weighted by Gasteiger charge is 2.38. The average Bonchev–Trinajstić information content (AvgIpc) is 2.16. The van der Waals surface area contributed by atoms with Gasteiger partial charge in [-0.25, -0.2) is 4.39 Å². The van der Waals surface area contributed by atoms with Gasteiger partial charge in [0, 0.05) is 5.56 Å². The normalized spacial score (nSPS) is 12.3. The molecule has 1 nitrogen and oxygen atoms in total. The maximum Gasteiger partial charge on any atom is 0.419 e. The van der Waals surface area contributed by atoms with Gasteiger partial charge in [-0.05, 0) is 18.2 Å². The number of nitriles is 1. The fourth-order valence-corrected chi connectivity index (χ4v) is 1.00. The topological polar surface area (TPSA) is 23.8 Å². The van der Waals surface area contributed by atoms with E-state index in [4.69, 9.17) is 5.26 Å². The molecule has 0 aliphatic heterocycles. The van der Waals surface area contributed by atoms with E-state index in [2.05, 4.69) is 0 Å². The van der Waals surface area contributed by atoms with Gasteiger partial charge in [0.05, 0.1) is 5.56 Å². The van der Waals surface area contributed by atoms with E-state index in [1.165, 1.54) is 0 Å². The third kappa shape index (κ3) is 2.27. The molecule has 0 aliphatic rings. The van der Waals surface area contributed by atoms with Crippen LogP contribution >= 0.6 is 0 Å². The molecule has 1 rings (SSSR count). The molecule has 0 bridgehead atoms. The molecule has 1 aromatic rings. The summed E-state index contributed by atoms with van der Waals surface area (Å²) in [5.74, 6) is -5.74. The van der Waals surface area contributed by atoms with Gasteiger partial charge >= 0.3 is 12.1 Å². The lowest BCUT2D eigenvalue weighted by atomic mass is 10.1. The fraction of sp³-hybridized carbons (Fsp3) is 0.222. The first-order valence-electron chi connectivity index (χ1n) is 3.85. The summed E-state index contributed by atoms with van der Waals surface area (Å²) < 4.78 is 74.6. The van der Waals surface area contributed by atoms with Crippen molar-refractivity contribution < 1.29 is 26.3 Å². The second-order valence-corrected chi connectivity index (χ2v) is 2.88. The molecular weight excluding hydrogens is 236 g/mol. The van der Waals surface area contributed by atoms with E-state index in [1.54, 1.807) is 0 Å². The zero-order valence-electron chi connectivity index (χ0n) is 7.45. The highest BCUT2D eigenvalue weighted by Crippen LogP contribution is 2.35. The lowest BCUT2D eigenvalue weighted by Gasteiger charge is -2.12. The van der Waals surface area contributed by atoms with Crippen molar-refractivity contribution in [1.82, 2.24) is 0 Å². The van der Waals surface area contributed by atoms with Crippen molar-refractivity contribution >= 4 is 0 Å². The molecule has 0 amide bonds. The molecule has 0 unspecified atom stereocenters. The van der Waals surface area contributed by atoms with E-state index in [0.717, 1.165) is 0 Å². The second kappa shape index (κ2) is 3.70. The molecule has 0 spiro atoms. The van der Waals surface area contributed by atoms with Gasteiger partial charge in [0.15, 0.2) is 0 Å². The minimum Gasteiger partial charge on any atom is -0.206 e. The number of halogens is 6. The van der Waals surface area contributed by atoms with Crippen molar-refractivity contribution in [2.24, 2.45) is 0 Å². The van der Waals surface area contributed by atoms with Gasteiger partial charge in [0.25, 0.3) is 0 Å². The molecule has 0 radical (unpaired) electrons. The van der Waals surface area contributed by atoms with Crippen LogP contribution < -0.4 is 0 Å². The summed E-state index contributed by atoms with van der Waals surface area (Å²) in [4.78, 5) is 0. The Labute approximate surface area is 85.9 Å². The van der Waals surface area contributed by atoms with Crippen LogP contribution in [0.2, 0.25) is 0 Å². The Morgan fingerprint density at radius 3 is 2.06 bits per heavy atom.